The lowest BCUT2D eigenvalue weighted by Gasteiger charge is -2.11. The Morgan fingerprint density at radius 2 is 2.11 bits per heavy atom. The van der Waals surface area contributed by atoms with Crippen molar-refractivity contribution in [1.82, 2.24) is 4.98 Å². The van der Waals surface area contributed by atoms with Crippen LogP contribution in [0, 0.1) is 17.2 Å². The van der Waals surface area contributed by atoms with Crippen molar-refractivity contribution in [1.29, 1.82) is 5.26 Å². The molecule has 0 N–H and O–H groups in total. The van der Waals surface area contributed by atoms with E-state index in [9.17, 15) is 0 Å². The van der Waals surface area contributed by atoms with Gasteiger partial charge in [0.1, 0.15) is 17.4 Å². The number of hydrogen-bond acceptors (Lipinski definition) is 3. The van der Waals surface area contributed by atoms with Crippen molar-refractivity contribution in [2.45, 2.75) is 26.7 Å². The van der Waals surface area contributed by atoms with Crippen molar-refractivity contribution in [2.75, 3.05) is 6.61 Å². The molecule has 1 heterocycles. The number of fused-ring (bicyclic) bond motifs is 1. The molecule has 0 saturated heterocycles. The average Bonchev–Trinajstić information content (AvgIpc) is 2.43. The summed E-state index contributed by atoms with van der Waals surface area (Å²) in [7, 11) is 0. The molecule has 1 aromatic carbocycles. The Morgan fingerprint density at radius 3 is 2.84 bits per heavy atom. The van der Waals surface area contributed by atoms with Crippen molar-refractivity contribution in [3.8, 4) is 11.8 Å². The Hall–Kier alpha value is -2.08. The minimum Gasteiger partial charge on any atom is -0.491 e. The summed E-state index contributed by atoms with van der Waals surface area (Å²) < 4.78 is 5.83. The third-order valence-electron chi connectivity index (χ3n) is 3.02. The zero-order valence-electron chi connectivity index (χ0n) is 11.4. The molecule has 19 heavy (non-hydrogen) atoms. The quantitative estimate of drug-likeness (QED) is 0.760. The van der Waals surface area contributed by atoms with E-state index in [1.807, 2.05) is 24.3 Å². The summed E-state index contributed by atoms with van der Waals surface area (Å²) in [5, 5.41) is 10.1. The van der Waals surface area contributed by atoms with Crippen LogP contribution >= 0.6 is 0 Å². The van der Waals surface area contributed by atoms with Crippen molar-refractivity contribution >= 4 is 10.9 Å². The smallest absolute Gasteiger partial charge is 0.148 e. The number of para-hydroxylation sites is 1. The van der Waals surface area contributed by atoms with Gasteiger partial charge in [-0.15, -0.1) is 0 Å². The van der Waals surface area contributed by atoms with Crippen LogP contribution in [0.3, 0.4) is 0 Å². The van der Waals surface area contributed by atoms with Crippen LogP contribution in [-0.2, 0) is 0 Å². The Kier molecular flexibility index (Phi) is 4.35. The van der Waals surface area contributed by atoms with Crippen LogP contribution in [0.5, 0.6) is 5.75 Å². The molecule has 0 saturated carbocycles. The summed E-state index contributed by atoms with van der Waals surface area (Å²) in [6.07, 6.45) is 3.71. The number of aromatic nitrogens is 1. The highest BCUT2D eigenvalue weighted by Gasteiger charge is 2.09. The molecular formula is C16H18N2O. The van der Waals surface area contributed by atoms with E-state index in [-0.39, 0.29) is 0 Å². The minimum absolute atomic E-state index is 0.503. The van der Waals surface area contributed by atoms with Gasteiger partial charge in [0.25, 0.3) is 0 Å². The lowest BCUT2D eigenvalue weighted by atomic mass is 10.1. The first-order valence-corrected chi connectivity index (χ1v) is 6.63. The summed E-state index contributed by atoms with van der Waals surface area (Å²) >= 11 is 0. The van der Waals surface area contributed by atoms with Gasteiger partial charge in [-0.2, -0.15) is 5.26 Å². The highest BCUT2D eigenvalue weighted by atomic mass is 16.5. The largest absolute Gasteiger partial charge is 0.491 e. The van der Waals surface area contributed by atoms with Gasteiger partial charge in [0.15, 0.2) is 0 Å². The van der Waals surface area contributed by atoms with Crippen molar-refractivity contribution in [3.63, 3.8) is 0 Å². The Morgan fingerprint density at radius 1 is 1.32 bits per heavy atom. The SMILES string of the molecule is CC(C)CCCOc1c(C#N)cnc2ccccc12. The van der Waals surface area contributed by atoms with Crippen molar-refractivity contribution in [3.05, 3.63) is 36.0 Å². The molecule has 98 valence electrons. The summed E-state index contributed by atoms with van der Waals surface area (Å²) in [5.74, 6) is 1.34. The van der Waals surface area contributed by atoms with Gasteiger partial charge in [-0.1, -0.05) is 26.0 Å². The Labute approximate surface area is 113 Å². The predicted octanol–water partition coefficient (Wildman–Crippen LogP) is 3.92. The first-order valence-electron chi connectivity index (χ1n) is 6.63. The van der Waals surface area contributed by atoms with E-state index in [1.165, 1.54) is 0 Å². The molecule has 3 nitrogen and oxygen atoms in total. The number of pyridine rings is 1. The monoisotopic (exact) mass is 254 g/mol. The second-order valence-electron chi connectivity index (χ2n) is 5.01. The number of hydrogen-bond donors (Lipinski definition) is 0. The van der Waals surface area contributed by atoms with E-state index in [1.54, 1.807) is 6.20 Å². The summed E-state index contributed by atoms with van der Waals surface area (Å²) in [4.78, 5) is 4.27. The van der Waals surface area contributed by atoms with Gasteiger partial charge in [-0.25, -0.2) is 0 Å². The lowest BCUT2D eigenvalue weighted by Crippen LogP contribution is -2.02. The van der Waals surface area contributed by atoms with Gasteiger partial charge in [0.2, 0.25) is 0 Å². The number of nitriles is 1. The molecule has 0 unspecified atom stereocenters. The van der Waals surface area contributed by atoms with Crippen molar-refractivity contribution in [2.24, 2.45) is 5.92 Å². The maximum Gasteiger partial charge on any atom is 0.148 e. The first kappa shape index (κ1) is 13.4. The first-order chi connectivity index (χ1) is 9.22. The van der Waals surface area contributed by atoms with E-state index in [0.29, 0.717) is 23.8 Å². The topological polar surface area (TPSA) is 45.9 Å². The van der Waals surface area contributed by atoms with Crippen LogP contribution < -0.4 is 4.74 Å². The molecule has 2 aromatic rings. The third kappa shape index (κ3) is 3.23. The molecular weight excluding hydrogens is 236 g/mol. The van der Waals surface area contributed by atoms with E-state index < -0.39 is 0 Å². The van der Waals surface area contributed by atoms with E-state index in [2.05, 4.69) is 24.9 Å². The van der Waals surface area contributed by atoms with E-state index >= 15 is 0 Å². The molecule has 0 bridgehead atoms. The molecule has 0 atom stereocenters. The number of rotatable bonds is 5. The van der Waals surface area contributed by atoms with Gasteiger partial charge in [0.05, 0.1) is 12.1 Å². The van der Waals surface area contributed by atoms with Crippen LogP contribution in [0.1, 0.15) is 32.3 Å². The van der Waals surface area contributed by atoms with Gasteiger partial charge >= 0.3 is 0 Å². The van der Waals surface area contributed by atoms with Gasteiger partial charge in [-0.3, -0.25) is 4.98 Å². The zero-order chi connectivity index (χ0) is 13.7. The molecule has 0 aliphatic rings. The maximum absolute atomic E-state index is 9.15. The fourth-order valence-electron chi connectivity index (χ4n) is 2.02. The van der Waals surface area contributed by atoms with Crippen LogP contribution in [-0.4, -0.2) is 11.6 Å². The molecule has 0 aliphatic heterocycles. The minimum atomic E-state index is 0.503. The number of nitrogens with zero attached hydrogens (tertiary/aromatic N) is 2. The Bertz CT molecular complexity index is 599. The van der Waals surface area contributed by atoms with Crippen LogP contribution in [0.15, 0.2) is 30.5 Å². The second kappa shape index (κ2) is 6.19. The molecule has 0 fully saturated rings. The molecule has 0 amide bonds. The van der Waals surface area contributed by atoms with Crippen LogP contribution in [0.2, 0.25) is 0 Å². The van der Waals surface area contributed by atoms with Gasteiger partial charge in [-0.05, 0) is 30.9 Å². The molecule has 2 rings (SSSR count). The van der Waals surface area contributed by atoms with E-state index in [4.69, 9.17) is 10.00 Å². The zero-order valence-corrected chi connectivity index (χ0v) is 11.4. The molecule has 0 spiro atoms. The third-order valence-corrected chi connectivity index (χ3v) is 3.02. The average molecular weight is 254 g/mol. The molecule has 0 aliphatic carbocycles. The maximum atomic E-state index is 9.15. The summed E-state index contributed by atoms with van der Waals surface area (Å²) in [6, 6.07) is 9.89. The lowest BCUT2D eigenvalue weighted by molar-refractivity contribution is 0.300. The Balaban J connectivity index is 2.22. The normalized spacial score (nSPS) is 10.6. The highest BCUT2D eigenvalue weighted by Crippen LogP contribution is 2.27. The van der Waals surface area contributed by atoms with E-state index in [0.717, 1.165) is 23.7 Å². The highest BCUT2D eigenvalue weighted by molar-refractivity contribution is 5.86. The molecule has 1 aromatic heterocycles. The predicted molar refractivity (Wildman–Crippen MR) is 76.0 cm³/mol. The molecule has 0 radical (unpaired) electrons. The molecule has 3 heteroatoms. The van der Waals surface area contributed by atoms with Crippen LogP contribution in [0.25, 0.3) is 10.9 Å². The van der Waals surface area contributed by atoms with Gasteiger partial charge in [0, 0.05) is 11.6 Å². The van der Waals surface area contributed by atoms with Gasteiger partial charge < -0.3 is 4.74 Å². The number of benzene rings is 1. The van der Waals surface area contributed by atoms with Crippen molar-refractivity contribution < 1.29 is 4.74 Å². The standard InChI is InChI=1S/C16H18N2O/c1-12(2)6-5-9-19-16-13(10-17)11-18-15-8-4-3-7-14(15)16/h3-4,7-8,11-12H,5-6,9H2,1-2H3. The fraction of sp³-hybridized carbons (Fsp3) is 0.375. The fourth-order valence-corrected chi connectivity index (χ4v) is 2.02. The summed E-state index contributed by atoms with van der Waals surface area (Å²) in [6.45, 7) is 5.03. The second-order valence-corrected chi connectivity index (χ2v) is 5.01. The number of ether oxygens (including phenoxy) is 1. The van der Waals surface area contributed by atoms with Crippen LogP contribution in [0.4, 0.5) is 0 Å². The summed E-state index contributed by atoms with van der Waals surface area (Å²) in [5.41, 5.74) is 1.36.